The summed E-state index contributed by atoms with van der Waals surface area (Å²) in [7, 11) is 5.48. The molecule has 1 aliphatic heterocycles. The highest BCUT2D eigenvalue weighted by Crippen LogP contribution is 2.23. The van der Waals surface area contributed by atoms with Crippen molar-refractivity contribution in [3.8, 4) is 11.5 Å². The van der Waals surface area contributed by atoms with Gasteiger partial charge in [0, 0.05) is 31.7 Å². The highest BCUT2D eigenvalue weighted by Gasteiger charge is 2.17. The van der Waals surface area contributed by atoms with Gasteiger partial charge in [-0.1, -0.05) is 0 Å². The van der Waals surface area contributed by atoms with E-state index in [9.17, 15) is 0 Å². The van der Waals surface area contributed by atoms with Gasteiger partial charge in [0.15, 0.2) is 0 Å². The van der Waals surface area contributed by atoms with Gasteiger partial charge in [-0.2, -0.15) is 0 Å². The van der Waals surface area contributed by atoms with E-state index in [0.29, 0.717) is 0 Å². The van der Waals surface area contributed by atoms with Crippen LogP contribution in [0.3, 0.4) is 0 Å². The fourth-order valence-corrected chi connectivity index (χ4v) is 2.38. The Morgan fingerprint density at radius 1 is 1.35 bits per heavy atom. The van der Waals surface area contributed by atoms with Crippen LogP contribution >= 0.6 is 0 Å². The smallest absolute Gasteiger partial charge is 0.123 e. The third-order valence-electron chi connectivity index (χ3n) is 3.52. The summed E-state index contributed by atoms with van der Waals surface area (Å²) < 4.78 is 16.3. The number of ether oxygens (including phenoxy) is 3. The number of morpholine rings is 1. The SMILES string of the molecule is COc1ccc(OC)c(CNCC2CN(C)CCO2)c1. The molecule has 0 saturated carbocycles. The summed E-state index contributed by atoms with van der Waals surface area (Å²) in [6, 6.07) is 5.84. The summed E-state index contributed by atoms with van der Waals surface area (Å²) in [5.74, 6) is 1.72. The first-order valence-electron chi connectivity index (χ1n) is 6.94. The van der Waals surface area contributed by atoms with Crippen molar-refractivity contribution in [3.63, 3.8) is 0 Å². The molecular weight excluding hydrogens is 256 g/mol. The van der Waals surface area contributed by atoms with Crippen molar-refractivity contribution in [2.45, 2.75) is 12.6 Å². The van der Waals surface area contributed by atoms with Crippen LogP contribution in [0.5, 0.6) is 11.5 Å². The fourth-order valence-electron chi connectivity index (χ4n) is 2.38. The van der Waals surface area contributed by atoms with Crippen LogP contribution in [-0.2, 0) is 11.3 Å². The number of hydrogen-bond acceptors (Lipinski definition) is 5. The van der Waals surface area contributed by atoms with E-state index in [2.05, 4.69) is 17.3 Å². The second-order valence-corrected chi connectivity index (χ2v) is 5.06. The molecule has 1 aromatic rings. The minimum Gasteiger partial charge on any atom is -0.497 e. The molecule has 1 atom stereocenters. The van der Waals surface area contributed by atoms with Crippen LogP contribution < -0.4 is 14.8 Å². The second-order valence-electron chi connectivity index (χ2n) is 5.06. The predicted molar refractivity (Wildman–Crippen MR) is 78.5 cm³/mol. The van der Waals surface area contributed by atoms with Gasteiger partial charge in [0.1, 0.15) is 11.5 Å². The summed E-state index contributed by atoms with van der Waals surface area (Å²) >= 11 is 0. The van der Waals surface area contributed by atoms with Crippen LogP contribution in [0.4, 0.5) is 0 Å². The van der Waals surface area contributed by atoms with Crippen molar-refractivity contribution in [1.82, 2.24) is 10.2 Å². The van der Waals surface area contributed by atoms with Gasteiger partial charge in [-0.25, -0.2) is 0 Å². The highest BCUT2D eigenvalue weighted by atomic mass is 16.5. The number of rotatable bonds is 6. The molecule has 0 spiro atoms. The maximum atomic E-state index is 5.73. The van der Waals surface area contributed by atoms with Crippen molar-refractivity contribution in [2.75, 3.05) is 47.5 Å². The predicted octanol–water partition coefficient (Wildman–Crippen LogP) is 1.12. The third kappa shape index (κ3) is 4.10. The minimum absolute atomic E-state index is 0.255. The molecule has 1 N–H and O–H groups in total. The lowest BCUT2D eigenvalue weighted by Crippen LogP contribution is -2.44. The zero-order valence-electron chi connectivity index (χ0n) is 12.5. The maximum absolute atomic E-state index is 5.73. The Morgan fingerprint density at radius 2 is 2.20 bits per heavy atom. The lowest BCUT2D eigenvalue weighted by Gasteiger charge is -2.30. The zero-order chi connectivity index (χ0) is 14.4. The monoisotopic (exact) mass is 280 g/mol. The van der Waals surface area contributed by atoms with Crippen molar-refractivity contribution in [3.05, 3.63) is 23.8 Å². The molecule has 2 rings (SSSR count). The van der Waals surface area contributed by atoms with E-state index in [-0.39, 0.29) is 6.10 Å². The molecule has 5 nitrogen and oxygen atoms in total. The Kier molecular flexibility index (Phi) is 5.64. The molecule has 1 heterocycles. The molecule has 0 aromatic heterocycles. The zero-order valence-corrected chi connectivity index (χ0v) is 12.5. The van der Waals surface area contributed by atoms with E-state index in [1.54, 1.807) is 14.2 Å². The number of likely N-dealkylation sites (N-methyl/N-ethyl adjacent to an activating group) is 1. The molecule has 0 amide bonds. The van der Waals surface area contributed by atoms with E-state index in [0.717, 1.165) is 49.8 Å². The average molecular weight is 280 g/mol. The molecule has 0 aliphatic carbocycles. The van der Waals surface area contributed by atoms with Gasteiger partial charge in [0.05, 0.1) is 26.9 Å². The van der Waals surface area contributed by atoms with Crippen LogP contribution in [-0.4, -0.2) is 58.5 Å². The van der Waals surface area contributed by atoms with Crippen LogP contribution in [0, 0.1) is 0 Å². The molecule has 1 aliphatic rings. The summed E-state index contributed by atoms with van der Waals surface area (Å²) in [5.41, 5.74) is 1.09. The summed E-state index contributed by atoms with van der Waals surface area (Å²) in [4.78, 5) is 2.29. The fraction of sp³-hybridized carbons (Fsp3) is 0.600. The lowest BCUT2D eigenvalue weighted by molar-refractivity contribution is -0.0182. The Labute approximate surface area is 120 Å². The van der Waals surface area contributed by atoms with E-state index in [4.69, 9.17) is 14.2 Å². The highest BCUT2D eigenvalue weighted by molar-refractivity contribution is 5.40. The number of hydrogen-bond donors (Lipinski definition) is 1. The van der Waals surface area contributed by atoms with Crippen LogP contribution in [0.15, 0.2) is 18.2 Å². The first-order valence-corrected chi connectivity index (χ1v) is 6.94. The Balaban J connectivity index is 1.86. The standard InChI is InChI=1S/C15H24N2O3/c1-17-6-7-20-14(11-17)10-16-9-12-8-13(18-2)4-5-15(12)19-3/h4-5,8,14,16H,6-7,9-11H2,1-3H3. The van der Waals surface area contributed by atoms with Gasteiger partial charge in [0.2, 0.25) is 0 Å². The average Bonchev–Trinajstić information content (AvgIpc) is 2.47. The van der Waals surface area contributed by atoms with Gasteiger partial charge in [-0.3, -0.25) is 0 Å². The van der Waals surface area contributed by atoms with Gasteiger partial charge >= 0.3 is 0 Å². The molecule has 1 unspecified atom stereocenters. The van der Waals surface area contributed by atoms with Gasteiger partial charge < -0.3 is 24.4 Å². The second kappa shape index (κ2) is 7.47. The number of nitrogens with one attached hydrogen (secondary N) is 1. The summed E-state index contributed by atoms with van der Waals surface area (Å²) in [6.45, 7) is 4.38. The minimum atomic E-state index is 0.255. The Morgan fingerprint density at radius 3 is 2.90 bits per heavy atom. The molecular formula is C15H24N2O3. The van der Waals surface area contributed by atoms with E-state index in [1.807, 2.05) is 18.2 Å². The van der Waals surface area contributed by atoms with Crippen LogP contribution in [0.2, 0.25) is 0 Å². The Hall–Kier alpha value is -1.30. The number of methoxy groups -OCH3 is 2. The molecule has 5 heteroatoms. The maximum Gasteiger partial charge on any atom is 0.123 e. The summed E-state index contributed by atoms with van der Waals surface area (Å²) in [5, 5.41) is 3.43. The topological polar surface area (TPSA) is 43.0 Å². The van der Waals surface area contributed by atoms with Gasteiger partial charge in [0.25, 0.3) is 0 Å². The van der Waals surface area contributed by atoms with Crippen molar-refractivity contribution in [2.24, 2.45) is 0 Å². The van der Waals surface area contributed by atoms with Crippen molar-refractivity contribution < 1.29 is 14.2 Å². The molecule has 1 aromatic carbocycles. The third-order valence-corrected chi connectivity index (χ3v) is 3.52. The molecule has 1 saturated heterocycles. The number of nitrogens with zero attached hydrogens (tertiary/aromatic N) is 1. The van der Waals surface area contributed by atoms with E-state index >= 15 is 0 Å². The van der Waals surface area contributed by atoms with Crippen molar-refractivity contribution in [1.29, 1.82) is 0 Å². The molecule has 0 bridgehead atoms. The molecule has 20 heavy (non-hydrogen) atoms. The van der Waals surface area contributed by atoms with Crippen LogP contribution in [0.25, 0.3) is 0 Å². The largest absolute Gasteiger partial charge is 0.497 e. The summed E-state index contributed by atoms with van der Waals surface area (Å²) in [6.07, 6.45) is 0.255. The quantitative estimate of drug-likeness (QED) is 0.846. The molecule has 0 radical (unpaired) electrons. The first-order chi connectivity index (χ1) is 9.72. The van der Waals surface area contributed by atoms with Crippen molar-refractivity contribution >= 4 is 0 Å². The molecule has 112 valence electrons. The van der Waals surface area contributed by atoms with Gasteiger partial charge in [-0.15, -0.1) is 0 Å². The Bertz CT molecular complexity index is 426. The van der Waals surface area contributed by atoms with E-state index < -0.39 is 0 Å². The number of benzene rings is 1. The normalized spacial score (nSPS) is 19.9. The lowest BCUT2D eigenvalue weighted by atomic mass is 10.2. The molecule has 1 fully saturated rings. The first kappa shape index (κ1) is 15.1. The van der Waals surface area contributed by atoms with Gasteiger partial charge in [-0.05, 0) is 25.2 Å². The van der Waals surface area contributed by atoms with E-state index in [1.165, 1.54) is 0 Å². The van der Waals surface area contributed by atoms with Crippen LogP contribution in [0.1, 0.15) is 5.56 Å².